The van der Waals surface area contributed by atoms with Crippen molar-refractivity contribution < 1.29 is 48.5 Å². The van der Waals surface area contributed by atoms with E-state index in [-0.39, 0.29) is 35.1 Å². The smallest absolute Gasteiger partial charge is 0.345 e. The van der Waals surface area contributed by atoms with Gasteiger partial charge in [0.2, 0.25) is 0 Å². The maximum absolute atomic E-state index is 11.9. The zero-order chi connectivity index (χ0) is 27.9. The lowest BCUT2D eigenvalue weighted by molar-refractivity contribution is -0.139. The van der Waals surface area contributed by atoms with E-state index in [9.17, 15) is 28.8 Å². The first-order valence-corrected chi connectivity index (χ1v) is 12.3. The Morgan fingerprint density at radius 1 is 0.447 bits per heavy atom. The van der Waals surface area contributed by atoms with Crippen molar-refractivity contribution in [1.82, 2.24) is 0 Å². The van der Waals surface area contributed by atoms with Gasteiger partial charge in [-0.15, -0.1) is 0 Å². The van der Waals surface area contributed by atoms with Crippen LogP contribution in [-0.2, 0) is 19.1 Å². The second-order valence-corrected chi connectivity index (χ2v) is 8.62. The van der Waals surface area contributed by atoms with Crippen LogP contribution in [0.3, 0.4) is 0 Å². The van der Waals surface area contributed by atoms with Gasteiger partial charge in [0.25, 0.3) is 0 Å². The molecular weight excluding hydrogens is 496 g/mol. The van der Waals surface area contributed by atoms with Gasteiger partial charge in [0.15, 0.2) is 0 Å². The van der Waals surface area contributed by atoms with E-state index < -0.39 is 35.8 Å². The summed E-state index contributed by atoms with van der Waals surface area (Å²) in [5, 5.41) is 17.7. The van der Waals surface area contributed by atoms with Crippen molar-refractivity contribution in [2.75, 3.05) is 0 Å². The fraction of sp³-hybridized carbons (Fsp3) is 0.357. The molecule has 0 aliphatic rings. The van der Waals surface area contributed by atoms with Crippen LogP contribution in [0, 0.1) is 0 Å². The summed E-state index contributed by atoms with van der Waals surface area (Å²) in [4.78, 5) is 69.2. The largest absolute Gasteiger partial charge is 0.478 e. The van der Waals surface area contributed by atoms with Crippen molar-refractivity contribution >= 4 is 35.8 Å². The normalized spacial score (nSPS) is 10.4. The Morgan fingerprint density at radius 3 is 1.00 bits per heavy atom. The van der Waals surface area contributed by atoms with Gasteiger partial charge < -0.3 is 19.7 Å². The van der Waals surface area contributed by atoms with Gasteiger partial charge in [-0.05, 0) is 61.4 Å². The summed E-state index contributed by atoms with van der Waals surface area (Å²) in [6.45, 7) is 0. The minimum Gasteiger partial charge on any atom is -0.478 e. The second kappa shape index (κ2) is 15.7. The van der Waals surface area contributed by atoms with E-state index in [0.717, 1.165) is 38.5 Å². The van der Waals surface area contributed by atoms with Crippen LogP contribution in [-0.4, -0.2) is 46.0 Å². The van der Waals surface area contributed by atoms with Crippen LogP contribution in [0.4, 0.5) is 0 Å². The summed E-state index contributed by atoms with van der Waals surface area (Å²) in [5.74, 6) is -5.09. The van der Waals surface area contributed by atoms with Gasteiger partial charge in [-0.1, -0.05) is 38.5 Å². The van der Waals surface area contributed by atoms with Crippen LogP contribution in [0.2, 0.25) is 0 Å². The molecule has 0 aliphatic carbocycles. The summed E-state index contributed by atoms with van der Waals surface area (Å²) in [7, 11) is 0. The third-order valence-electron chi connectivity index (χ3n) is 5.66. The number of carbonyl (C=O) groups is 6. The first-order chi connectivity index (χ1) is 18.2. The number of carboxylic acid groups (broad SMARTS) is 2. The lowest BCUT2D eigenvalue weighted by atomic mass is 10.1. The van der Waals surface area contributed by atoms with Crippen molar-refractivity contribution in [2.24, 2.45) is 0 Å². The number of rotatable bonds is 15. The number of carbonyl (C=O) groups excluding carboxylic acids is 4. The molecule has 0 fully saturated rings. The van der Waals surface area contributed by atoms with E-state index in [4.69, 9.17) is 19.7 Å². The standard InChI is InChI=1S/C28H30O10/c29-23(37-27(35)21-15-11-19(12-16-21)25(31)32)9-7-5-3-1-2-4-6-8-10-24(30)38-28(36)22-17-13-20(14-18-22)26(33)34/h11-18H,1-10H2,(H,31,32)(H,33,34). The van der Waals surface area contributed by atoms with Gasteiger partial charge in [0.1, 0.15) is 0 Å². The Bertz CT molecular complexity index is 1040. The first-order valence-electron chi connectivity index (χ1n) is 12.3. The molecule has 0 saturated carbocycles. The number of benzene rings is 2. The van der Waals surface area contributed by atoms with Crippen LogP contribution in [0.15, 0.2) is 48.5 Å². The Morgan fingerprint density at radius 2 is 0.711 bits per heavy atom. The lowest BCUT2D eigenvalue weighted by Crippen LogP contribution is -2.12. The Balaban J connectivity index is 1.47. The molecule has 0 radical (unpaired) electrons. The second-order valence-electron chi connectivity index (χ2n) is 8.62. The molecule has 0 aliphatic heterocycles. The third kappa shape index (κ3) is 10.7. The average Bonchev–Trinajstić information content (AvgIpc) is 2.89. The summed E-state index contributed by atoms with van der Waals surface area (Å²) < 4.78 is 9.57. The lowest BCUT2D eigenvalue weighted by Gasteiger charge is -2.05. The average molecular weight is 527 g/mol. The predicted molar refractivity (Wildman–Crippen MR) is 134 cm³/mol. The summed E-state index contributed by atoms with van der Waals surface area (Å²) in [6.07, 6.45) is 6.75. The maximum Gasteiger partial charge on any atom is 0.345 e. The number of ether oxygens (including phenoxy) is 2. The fourth-order valence-electron chi connectivity index (χ4n) is 3.52. The SMILES string of the molecule is O=C(CCCCCCCCCCC(=O)OC(=O)c1ccc(C(=O)O)cc1)OC(=O)c1ccc(C(=O)O)cc1. The van der Waals surface area contributed by atoms with Crippen molar-refractivity contribution in [2.45, 2.75) is 64.2 Å². The fourth-order valence-corrected chi connectivity index (χ4v) is 3.52. The van der Waals surface area contributed by atoms with Crippen LogP contribution in [0.5, 0.6) is 0 Å². The summed E-state index contributed by atoms with van der Waals surface area (Å²) in [6, 6.07) is 10.3. The summed E-state index contributed by atoms with van der Waals surface area (Å²) in [5.41, 5.74) is 0.280. The zero-order valence-corrected chi connectivity index (χ0v) is 20.9. The Labute approximate surface area is 219 Å². The molecule has 0 atom stereocenters. The van der Waals surface area contributed by atoms with Crippen molar-refractivity contribution in [1.29, 1.82) is 0 Å². The first kappa shape index (κ1) is 29.9. The maximum atomic E-state index is 11.9. The molecule has 0 unspecified atom stereocenters. The number of aromatic carboxylic acids is 2. The quantitative estimate of drug-likeness (QED) is 0.182. The molecule has 0 spiro atoms. The van der Waals surface area contributed by atoms with Crippen LogP contribution >= 0.6 is 0 Å². The molecular formula is C28H30O10. The minimum atomic E-state index is -1.11. The molecule has 202 valence electrons. The highest BCUT2D eigenvalue weighted by Crippen LogP contribution is 2.13. The van der Waals surface area contributed by atoms with E-state index in [1.807, 2.05) is 0 Å². The van der Waals surface area contributed by atoms with Gasteiger partial charge in [0.05, 0.1) is 22.3 Å². The number of unbranched alkanes of at least 4 members (excludes halogenated alkanes) is 7. The van der Waals surface area contributed by atoms with Crippen molar-refractivity contribution in [3.8, 4) is 0 Å². The van der Waals surface area contributed by atoms with Crippen LogP contribution < -0.4 is 0 Å². The van der Waals surface area contributed by atoms with Crippen molar-refractivity contribution in [3.05, 3.63) is 70.8 Å². The van der Waals surface area contributed by atoms with Gasteiger partial charge >= 0.3 is 35.8 Å². The van der Waals surface area contributed by atoms with E-state index in [2.05, 4.69) is 0 Å². The Kier molecular flexibility index (Phi) is 12.4. The molecule has 2 rings (SSSR count). The molecule has 10 heteroatoms. The van der Waals surface area contributed by atoms with E-state index >= 15 is 0 Å². The minimum absolute atomic E-state index is 0.0332. The number of carboxylic acids is 2. The number of hydrogen-bond acceptors (Lipinski definition) is 8. The monoisotopic (exact) mass is 526 g/mol. The molecule has 10 nitrogen and oxygen atoms in total. The highest BCUT2D eigenvalue weighted by Gasteiger charge is 2.15. The van der Waals surface area contributed by atoms with Gasteiger partial charge in [-0.3, -0.25) is 9.59 Å². The van der Waals surface area contributed by atoms with Gasteiger partial charge in [-0.25, -0.2) is 19.2 Å². The van der Waals surface area contributed by atoms with E-state index in [0.29, 0.717) is 12.8 Å². The molecule has 0 heterocycles. The molecule has 2 aromatic carbocycles. The molecule has 0 saturated heterocycles. The van der Waals surface area contributed by atoms with Crippen LogP contribution in [0.1, 0.15) is 106 Å². The molecule has 0 amide bonds. The zero-order valence-electron chi connectivity index (χ0n) is 20.9. The Hall–Kier alpha value is -4.34. The number of esters is 4. The molecule has 2 N–H and O–H groups in total. The van der Waals surface area contributed by atoms with Gasteiger partial charge in [-0.2, -0.15) is 0 Å². The molecule has 2 aromatic rings. The van der Waals surface area contributed by atoms with E-state index in [1.54, 1.807) is 0 Å². The third-order valence-corrected chi connectivity index (χ3v) is 5.66. The highest BCUT2D eigenvalue weighted by molar-refractivity contribution is 5.98. The summed E-state index contributed by atoms with van der Waals surface area (Å²) >= 11 is 0. The molecule has 0 bridgehead atoms. The number of hydrogen-bond donors (Lipinski definition) is 2. The topological polar surface area (TPSA) is 161 Å². The molecule has 38 heavy (non-hydrogen) atoms. The van der Waals surface area contributed by atoms with E-state index in [1.165, 1.54) is 48.5 Å². The van der Waals surface area contributed by atoms with Crippen LogP contribution in [0.25, 0.3) is 0 Å². The highest BCUT2D eigenvalue weighted by atomic mass is 16.6. The predicted octanol–water partition coefficient (Wildman–Crippen LogP) is 5.05. The molecule has 0 aromatic heterocycles. The van der Waals surface area contributed by atoms with Gasteiger partial charge in [0, 0.05) is 12.8 Å². The van der Waals surface area contributed by atoms with Crippen molar-refractivity contribution in [3.63, 3.8) is 0 Å².